The highest BCUT2D eigenvalue weighted by Gasteiger charge is 2.30. The quantitative estimate of drug-likeness (QED) is 0.618. The maximum Gasteiger partial charge on any atom is 0.416 e. The van der Waals surface area contributed by atoms with E-state index >= 15 is 0 Å². The van der Waals surface area contributed by atoms with E-state index in [2.05, 4.69) is 0 Å². The van der Waals surface area contributed by atoms with Crippen molar-refractivity contribution in [3.05, 3.63) is 66.2 Å². The van der Waals surface area contributed by atoms with Gasteiger partial charge in [-0.3, -0.25) is 0 Å². The molecule has 0 saturated heterocycles. The maximum atomic E-state index is 12.8. The van der Waals surface area contributed by atoms with Gasteiger partial charge in [0.1, 0.15) is 0 Å². The number of benzene rings is 3. The first kappa shape index (κ1) is 13.5. The third kappa shape index (κ3) is 2.44. The summed E-state index contributed by atoms with van der Waals surface area (Å²) < 4.78 is 38.5. The van der Waals surface area contributed by atoms with E-state index in [9.17, 15) is 13.2 Å². The number of hydrogen-bond donors (Lipinski definition) is 1. The molecule has 0 heterocycles. The van der Waals surface area contributed by atoms with Crippen LogP contribution in [0.2, 0.25) is 0 Å². The third-order valence-electron chi connectivity index (χ3n) is 3.46. The van der Waals surface area contributed by atoms with Crippen molar-refractivity contribution < 1.29 is 13.2 Å². The van der Waals surface area contributed by atoms with E-state index in [0.29, 0.717) is 11.3 Å². The second-order valence-corrected chi connectivity index (χ2v) is 4.83. The highest BCUT2D eigenvalue weighted by Crippen LogP contribution is 2.35. The Morgan fingerprint density at radius 3 is 2.19 bits per heavy atom. The number of rotatable bonds is 1. The number of hydrogen-bond acceptors (Lipinski definition) is 1. The van der Waals surface area contributed by atoms with Crippen molar-refractivity contribution in [3.63, 3.8) is 0 Å². The first-order chi connectivity index (χ1) is 9.97. The van der Waals surface area contributed by atoms with E-state index in [4.69, 9.17) is 5.73 Å². The van der Waals surface area contributed by atoms with Crippen molar-refractivity contribution in [1.82, 2.24) is 0 Å². The first-order valence-electron chi connectivity index (χ1n) is 6.42. The summed E-state index contributed by atoms with van der Waals surface area (Å²) in [5.41, 5.74) is 7.15. The third-order valence-corrected chi connectivity index (χ3v) is 3.46. The fourth-order valence-electron chi connectivity index (χ4n) is 2.45. The van der Waals surface area contributed by atoms with Crippen molar-refractivity contribution in [2.45, 2.75) is 6.18 Å². The molecule has 3 rings (SSSR count). The van der Waals surface area contributed by atoms with Crippen LogP contribution >= 0.6 is 0 Å². The molecule has 1 nitrogen and oxygen atoms in total. The molecule has 0 fully saturated rings. The van der Waals surface area contributed by atoms with Crippen LogP contribution in [-0.4, -0.2) is 0 Å². The lowest BCUT2D eigenvalue weighted by Crippen LogP contribution is -2.04. The van der Waals surface area contributed by atoms with Crippen LogP contribution in [0.4, 0.5) is 18.9 Å². The van der Waals surface area contributed by atoms with E-state index in [-0.39, 0.29) is 0 Å². The Morgan fingerprint density at radius 1 is 0.762 bits per heavy atom. The number of halogens is 3. The maximum absolute atomic E-state index is 12.8. The molecule has 0 bridgehead atoms. The zero-order valence-electron chi connectivity index (χ0n) is 11.0. The molecule has 0 unspecified atom stereocenters. The molecule has 0 saturated carbocycles. The Bertz CT molecular complexity index is 806. The largest absolute Gasteiger partial charge is 0.416 e. The summed E-state index contributed by atoms with van der Waals surface area (Å²) in [6, 6.07) is 16.2. The summed E-state index contributed by atoms with van der Waals surface area (Å²) >= 11 is 0. The van der Waals surface area contributed by atoms with Crippen molar-refractivity contribution in [2.75, 3.05) is 5.73 Å². The fourth-order valence-corrected chi connectivity index (χ4v) is 2.45. The molecule has 3 aromatic carbocycles. The summed E-state index contributed by atoms with van der Waals surface area (Å²) in [4.78, 5) is 0. The number of nitrogen functional groups attached to an aromatic ring is 1. The number of nitrogens with two attached hydrogens (primary N) is 1. The molecule has 0 aliphatic rings. The smallest absolute Gasteiger partial charge is 0.398 e. The van der Waals surface area contributed by atoms with E-state index in [1.807, 2.05) is 12.1 Å². The van der Waals surface area contributed by atoms with E-state index in [1.165, 1.54) is 6.07 Å². The molecule has 2 N–H and O–H groups in total. The molecule has 3 aromatic rings. The minimum atomic E-state index is -4.35. The Morgan fingerprint density at radius 2 is 1.43 bits per heavy atom. The molecule has 106 valence electrons. The normalized spacial score (nSPS) is 11.8. The molecule has 0 atom stereocenters. The summed E-state index contributed by atoms with van der Waals surface area (Å²) in [6.07, 6.45) is -4.35. The Balaban J connectivity index is 2.24. The van der Waals surface area contributed by atoms with Gasteiger partial charge in [-0.05, 0) is 34.7 Å². The standard InChI is InChI=1S/C17H12F3N/c18-17(19,20)12-5-1-4-11(10-12)13-6-2-8-15-14(13)7-3-9-16(15)21/h1-10H,21H2. The lowest BCUT2D eigenvalue weighted by atomic mass is 9.96. The van der Waals surface area contributed by atoms with E-state index < -0.39 is 11.7 Å². The van der Waals surface area contributed by atoms with Crippen LogP contribution in [0.5, 0.6) is 0 Å². The molecule has 0 amide bonds. The molecule has 0 radical (unpaired) electrons. The summed E-state index contributed by atoms with van der Waals surface area (Å²) in [5.74, 6) is 0. The SMILES string of the molecule is Nc1cccc2c(-c3cccc(C(F)(F)F)c3)cccc12. The van der Waals surface area contributed by atoms with Gasteiger partial charge < -0.3 is 5.73 Å². The molecule has 0 aromatic heterocycles. The van der Waals surface area contributed by atoms with Gasteiger partial charge in [0.05, 0.1) is 5.56 Å². The molecule has 0 aliphatic carbocycles. The van der Waals surface area contributed by atoms with Crippen molar-refractivity contribution in [1.29, 1.82) is 0 Å². The van der Waals surface area contributed by atoms with Gasteiger partial charge in [-0.2, -0.15) is 13.2 Å². The Labute approximate surface area is 119 Å². The highest BCUT2D eigenvalue weighted by molar-refractivity contribution is 6.02. The predicted octanol–water partition coefficient (Wildman–Crippen LogP) is 5.11. The van der Waals surface area contributed by atoms with Crippen molar-refractivity contribution in [3.8, 4) is 11.1 Å². The number of alkyl halides is 3. The average molecular weight is 287 g/mol. The predicted molar refractivity (Wildman–Crippen MR) is 78.8 cm³/mol. The topological polar surface area (TPSA) is 26.0 Å². The lowest BCUT2D eigenvalue weighted by molar-refractivity contribution is -0.137. The molecule has 0 spiro atoms. The van der Waals surface area contributed by atoms with E-state index in [0.717, 1.165) is 28.5 Å². The molecular formula is C17H12F3N. The van der Waals surface area contributed by atoms with Crippen LogP contribution in [0, 0.1) is 0 Å². The fraction of sp³-hybridized carbons (Fsp3) is 0.0588. The molecule has 21 heavy (non-hydrogen) atoms. The monoisotopic (exact) mass is 287 g/mol. The lowest BCUT2D eigenvalue weighted by Gasteiger charge is -2.11. The van der Waals surface area contributed by atoms with Gasteiger partial charge in [0.15, 0.2) is 0 Å². The Hall–Kier alpha value is -2.49. The molecular weight excluding hydrogens is 275 g/mol. The van der Waals surface area contributed by atoms with Gasteiger partial charge >= 0.3 is 6.18 Å². The van der Waals surface area contributed by atoms with Gasteiger partial charge in [0, 0.05) is 11.1 Å². The zero-order valence-corrected chi connectivity index (χ0v) is 11.0. The summed E-state index contributed by atoms with van der Waals surface area (Å²) in [7, 11) is 0. The molecule has 4 heteroatoms. The summed E-state index contributed by atoms with van der Waals surface area (Å²) in [5, 5.41) is 1.68. The minimum Gasteiger partial charge on any atom is -0.398 e. The Kier molecular flexibility index (Phi) is 3.09. The second kappa shape index (κ2) is 4.81. The number of fused-ring (bicyclic) bond motifs is 1. The minimum absolute atomic E-state index is 0.529. The van der Waals surface area contributed by atoms with Gasteiger partial charge in [-0.15, -0.1) is 0 Å². The summed E-state index contributed by atoms with van der Waals surface area (Å²) in [6.45, 7) is 0. The van der Waals surface area contributed by atoms with Crippen LogP contribution in [0.3, 0.4) is 0 Å². The van der Waals surface area contributed by atoms with Crippen LogP contribution in [0.25, 0.3) is 21.9 Å². The van der Waals surface area contributed by atoms with Crippen molar-refractivity contribution in [2.24, 2.45) is 0 Å². The van der Waals surface area contributed by atoms with Crippen LogP contribution in [0.15, 0.2) is 60.7 Å². The molecule has 0 aliphatic heterocycles. The highest BCUT2D eigenvalue weighted by atomic mass is 19.4. The second-order valence-electron chi connectivity index (χ2n) is 4.83. The van der Waals surface area contributed by atoms with Gasteiger partial charge in [-0.1, -0.05) is 42.5 Å². The van der Waals surface area contributed by atoms with Crippen LogP contribution < -0.4 is 5.73 Å². The van der Waals surface area contributed by atoms with E-state index in [1.54, 1.807) is 30.3 Å². The van der Waals surface area contributed by atoms with Gasteiger partial charge in [0.25, 0.3) is 0 Å². The van der Waals surface area contributed by atoms with Crippen molar-refractivity contribution >= 4 is 16.5 Å². The number of anilines is 1. The van der Waals surface area contributed by atoms with Crippen LogP contribution in [0.1, 0.15) is 5.56 Å². The van der Waals surface area contributed by atoms with Gasteiger partial charge in [-0.25, -0.2) is 0 Å². The zero-order chi connectivity index (χ0) is 15.0. The average Bonchev–Trinajstić information content (AvgIpc) is 2.46. The van der Waals surface area contributed by atoms with Crippen LogP contribution in [-0.2, 0) is 6.18 Å². The van der Waals surface area contributed by atoms with Gasteiger partial charge in [0.2, 0.25) is 0 Å². The first-order valence-corrected chi connectivity index (χ1v) is 6.42.